The molecule has 3 nitrogen and oxygen atoms in total. The lowest BCUT2D eigenvalue weighted by atomic mass is 9.73. The van der Waals surface area contributed by atoms with Crippen LogP contribution in [0, 0.1) is 0 Å². The smallest absolute Gasteiger partial charge is 0.141 e. The summed E-state index contributed by atoms with van der Waals surface area (Å²) in [5, 5.41) is 4.85. The zero-order valence-electron chi connectivity index (χ0n) is 23.5. The Morgan fingerprint density at radius 1 is 0.571 bits per heavy atom. The van der Waals surface area contributed by atoms with E-state index in [1.807, 2.05) is 0 Å². The van der Waals surface area contributed by atoms with Crippen molar-refractivity contribution in [3.63, 3.8) is 0 Å². The van der Waals surface area contributed by atoms with Gasteiger partial charge in [-0.1, -0.05) is 98.8 Å². The van der Waals surface area contributed by atoms with Crippen molar-refractivity contribution in [1.82, 2.24) is 9.55 Å². The van der Waals surface area contributed by atoms with E-state index >= 15 is 0 Å². The molecule has 0 unspecified atom stereocenters. The largest absolute Gasteiger partial charge is 0.456 e. The predicted octanol–water partition coefficient (Wildman–Crippen LogP) is 10.5. The number of para-hydroxylation sites is 2. The molecule has 0 fully saturated rings. The van der Waals surface area contributed by atoms with Crippen LogP contribution in [0.25, 0.3) is 60.4 Å². The molecular formula is C39H28N2O. The maximum atomic E-state index is 6.96. The van der Waals surface area contributed by atoms with Gasteiger partial charge in [-0.05, 0) is 53.6 Å². The molecule has 3 heterocycles. The molecule has 0 bridgehead atoms. The van der Waals surface area contributed by atoms with Gasteiger partial charge in [0.15, 0.2) is 0 Å². The molecule has 8 aromatic rings. The zero-order valence-corrected chi connectivity index (χ0v) is 23.5. The minimum Gasteiger partial charge on any atom is -0.456 e. The number of aromatic nitrogens is 2. The summed E-state index contributed by atoms with van der Waals surface area (Å²) in [6.07, 6.45) is 0. The number of ether oxygens (including phenoxy) is 1. The molecule has 0 radical (unpaired) electrons. The van der Waals surface area contributed by atoms with Crippen LogP contribution in [0.1, 0.15) is 25.0 Å². The van der Waals surface area contributed by atoms with Crippen molar-refractivity contribution >= 4 is 43.6 Å². The molecule has 6 aromatic carbocycles. The summed E-state index contributed by atoms with van der Waals surface area (Å²) < 4.78 is 9.33. The Kier molecular flexibility index (Phi) is 4.67. The summed E-state index contributed by atoms with van der Waals surface area (Å²) in [7, 11) is 0. The summed E-state index contributed by atoms with van der Waals surface area (Å²) >= 11 is 0. The van der Waals surface area contributed by atoms with E-state index in [9.17, 15) is 0 Å². The lowest BCUT2D eigenvalue weighted by Crippen LogP contribution is -2.24. The van der Waals surface area contributed by atoms with Crippen molar-refractivity contribution < 1.29 is 4.74 Å². The minimum absolute atomic E-state index is 0.262. The van der Waals surface area contributed by atoms with Gasteiger partial charge in [-0.25, -0.2) is 0 Å². The SMILES string of the molecule is CC1(C)c2ccc3c(c2Oc2ccc4[nH]c5ccccc5c4c21)c1ccccc1n3-c1ccc(-c2ccccc2)cc1. The third kappa shape index (κ3) is 3.11. The number of hydrogen-bond donors (Lipinski definition) is 1. The van der Waals surface area contributed by atoms with E-state index in [-0.39, 0.29) is 5.41 Å². The average molecular weight is 541 g/mol. The number of benzene rings is 6. The molecule has 1 N–H and O–H groups in total. The first-order valence-corrected chi connectivity index (χ1v) is 14.5. The van der Waals surface area contributed by atoms with E-state index in [1.165, 1.54) is 43.9 Å². The Balaban J connectivity index is 1.29. The number of H-pyrrole nitrogens is 1. The molecule has 3 heteroatoms. The first-order chi connectivity index (χ1) is 20.6. The standard InChI is InChI=1S/C39H28N2O/c1-39(2)29-20-22-33-36(38(29)42-34-23-21-31-35(37(34)39)27-12-6-8-14-30(27)40-31)28-13-7-9-15-32(28)41(33)26-18-16-25(17-19-26)24-10-4-3-5-11-24/h3-23,40H,1-2H3. The molecule has 0 atom stereocenters. The van der Waals surface area contributed by atoms with E-state index in [1.54, 1.807) is 0 Å². The van der Waals surface area contributed by atoms with E-state index in [4.69, 9.17) is 4.74 Å². The maximum absolute atomic E-state index is 6.96. The molecule has 0 spiro atoms. The Hall–Kier alpha value is -5.28. The highest BCUT2D eigenvalue weighted by molar-refractivity contribution is 6.14. The third-order valence-corrected chi connectivity index (χ3v) is 9.17. The highest BCUT2D eigenvalue weighted by Gasteiger charge is 2.38. The first kappa shape index (κ1) is 23.4. The Bertz CT molecular complexity index is 2340. The predicted molar refractivity (Wildman–Crippen MR) is 174 cm³/mol. The fourth-order valence-electron chi connectivity index (χ4n) is 7.21. The second kappa shape index (κ2) is 8.37. The van der Waals surface area contributed by atoms with Gasteiger partial charge in [-0.15, -0.1) is 0 Å². The highest BCUT2D eigenvalue weighted by Crippen LogP contribution is 2.55. The lowest BCUT2D eigenvalue weighted by Gasteiger charge is -2.35. The number of hydrogen-bond acceptors (Lipinski definition) is 1. The van der Waals surface area contributed by atoms with Gasteiger partial charge in [0.25, 0.3) is 0 Å². The fraction of sp³-hybridized carbons (Fsp3) is 0.0769. The molecule has 0 aliphatic carbocycles. The van der Waals surface area contributed by atoms with Gasteiger partial charge in [0.05, 0.1) is 16.4 Å². The Labute approximate surface area is 243 Å². The summed E-state index contributed by atoms with van der Waals surface area (Å²) in [5.74, 6) is 1.89. The molecule has 0 saturated heterocycles. The number of fused-ring (bicyclic) bond motifs is 10. The molecule has 1 aliphatic rings. The summed E-state index contributed by atoms with van der Waals surface area (Å²) in [5.41, 5.74) is 10.4. The number of nitrogens with one attached hydrogen (secondary N) is 1. The molecule has 1 aliphatic heterocycles. The number of nitrogens with zero attached hydrogens (tertiary/aromatic N) is 1. The fourth-order valence-corrected chi connectivity index (χ4v) is 7.21. The van der Waals surface area contributed by atoms with Crippen molar-refractivity contribution in [2.24, 2.45) is 0 Å². The summed E-state index contributed by atoms with van der Waals surface area (Å²) in [6, 6.07) is 45.5. The highest BCUT2D eigenvalue weighted by atomic mass is 16.5. The first-order valence-electron chi connectivity index (χ1n) is 14.5. The normalized spacial score (nSPS) is 13.9. The van der Waals surface area contributed by atoms with Gasteiger partial charge in [0.1, 0.15) is 11.5 Å². The van der Waals surface area contributed by atoms with Crippen LogP contribution in [0.3, 0.4) is 0 Å². The van der Waals surface area contributed by atoms with Crippen LogP contribution in [0.2, 0.25) is 0 Å². The lowest BCUT2D eigenvalue weighted by molar-refractivity contribution is 0.426. The van der Waals surface area contributed by atoms with E-state index < -0.39 is 0 Å². The monoisotopic (exact) mass is 540 g/mol. The molecule has 42 heavy (non-hydrogen) atoms. The second-order valence-electron chi connectivity index (χ2n) is 11.9. The van der Waals surface area contributed by atoms with E-state index in [0.29, 0.717) is 0 Å². The van der Waals surface area contributed by atoms with Gasteiger partial charge >= 0.3 is 0 Å². The van der Waals surface area contributed by atoms with Crippen molar-refractivity contribution in [3.05, 3.63) is 139 Å². The molecular weight excluding hydrogens is 512 g/mol. The maximum Gasteiger partial charge on any atom is 0.141 e. The minimum atomic E-state index is -0.262. The summed E-state index contributed by atoms with van der Waals surface area (Å²) in [6.45, 7) is 4.67. The van der Waals surface area contributed by atoms with Crippen LogP contribution >= 0.6 is 0 Å². The second-order valence-corrected chi connectivity index (χ2v) is 11.9. The topological polar surface area (TPSA) is 29.9 Å². The molecule has 9 rings (SSSR count). The van der Waals surface area contributed by atoms with Crippen LogP contribution in [-0.2, 0) is 5.41 Å². The van der Waals surface area contributed by atoms with Gasteiger partial charge in [0.2, 0.25) is 0 Å². The van der Waals surface area contributed by atoms with Crippen molar-refractivity contribution in [1.29, 1.82) is 0 Å². The molecule has 0 amide bonds. The van der Waals surface area contributed by atoms with Crippen LogP contribution < -0.4 is 4.74 Å². The van der Waals surface area contributed by atoms with Crippen molar-refractivity contribution in [2.75, 3.05) is 0 Å². The Morgan fingerprint density at radius 2 is 1.29 bits per heavy atom. The quantitative estimate of drug-likeness (QED) is 0.232. The number of aromatic amines is 1. The van der Waals surface area contributed by atoms with Gasteiger partial charge in [0, 0.05) is 49.4 Å². The van der Waals surface area contributed by atoms with Crippen LogP contribution in [0.4, 0.5) is 0 Å². The van der Waals surface area contributed by atoms with E-state index in [0.717, 1.165) is 39.1 Å². The van der Waals surface area contributed by atoms with Gasteiger partial charge < -0.3 is 14.3 Å². The van der Waals surface area contributed by atoms with Crippen LogP contribution in [0.15, 0.2) is 127 Å². The van der Waals surface area contributed by atoms with Crippen molar-refractivity contribution in [2.45, 2.75) is 19.3 Å². The van der Waals surface area contributed by atoms with Crippen LogP contribution in [-0.4, -0.2) is 9.55 Å². The third-order valence-electron chi connectivity index (χ3n) is 9.17. The molecule has 200 valence electrons. The Morgan fingerprint density at radius 3 is 2.12 bits per heavy atom. The van der Waals surface area contributed by atoms with E-state index in [2.05, 4.69) is 151 Å². The average Bonchev–Trinajstić information content (AvgIpc) is 3.57. The van der Waals surface area contributed by atoms with Gasteiger partial charge in [-0.2, -0.15) is 0 Å². The van der Waals surface area contributed by atoms with Crippen LogP contribution in [0.5, 0.6) is 11.5 Å². The molecule has 2 aromatic heterocycles. The van der Waals surface area contributed by atoms with Crippen molar-refractivity contribution in [3.8, 4) is 28.3 Å². The summed E-state index contributed by atoms with van der Waals surface area (Å²) in [4.78, 5) is 3.62. The zero-order chi connectivity index (χ0) is 28.0. The number of rotatable bonds is 2. The van der Waals surface area contributed by atoms with Gasteiger partial charge in [-0.3, -0.25) is 0 Å². The molecule has 0 saturated carbocycles.